The van der Waals surface area contributed by atoms with E-state index in [0.717, 1.165) is 6.04 Å². The van der Waals surface area contributed by atoms with Gasteiger partial charge in [-0.3, -0.25) is 0 Å². The van der Waals surface area contributed by atoms with Gasteiger partial charge in [0.15, 0.2) is 0 Å². The maximum absolute atomic E-state index is 5.08. The minimum Gasteiger partial charge on any atom is -0.472 e. The molecule has 0 spiro atoms. The maximum Gasteiger partial charge on any atom is 0.0937 e. The van der Waals surface area contributed by atoms with E-state index in [4.69, 9.17) is 4.42 Å². The van der Waals surface area contributed by atoms with Gasteiger partial charge < -0.3 is 9.73 Å². The molecule has 1 aliphatic carbocycles. The summed E-state index contributed by atoms with van der Waals surface area (Å²) < 4.78 is 5.08. The van der Waals surface area contributed by atoms with Crippen LogP contribution in [0.3, 0.4) is 0 Å². The first-order valence-electron chi connectivity index (χ1n) is 5.05. The second-order valence-electron chi connectivity index (χ2n) is 4.07. The first-order chi connectivity index (χ1) is 6.27. The van der Waals surface area contributed by atoms with Crippen LogP contribution in [0.4, 0.5) is 0 Å². The summed E-state index contributed by atoms with van der Waals surface area (Å²) in [5, 5.41) is 3.60. The largest absolute Gasteiger partial charge is 0.472 e. The summed E-state index contributed by atoms with van der Waals surface area (Å²) in [5.74, 6) is 0.541. The Bertz CT molecular complexity index is 251. The molecule has 1 saturated carbocycles. The normalized spacial score (nSPS) is 21.4. The van der Waals surface area contributed by atoms with Gasteiger partial charge in [0.1, 0.15) is 0 Å². The zero-order valence-corrected chi connectivity index (χ0v) is 8.29. The van der Waals surface area contributed by atoms with Crippen molar-refractivity contribution in [1.82, 2.24) is 5.32 Å². The SMILES string of the molecule is CC(NC1CC1)C(C)c1ccoc1. The van der Waals surface area contributed by atoms with E-state index in [0.29, 0.717) is 12.0 Å². The van der Waals surface area contributed by atoms with Crippen LogP contribution in [0.2, 0.25) is 0 Å². The molecular weight excluding hydrogens is 162 g/mol. The van der Waals surface area contributed by atoms with Crippen molar-refractivity contribution < 1.29 is 4.42 Å². The molecule has 13 heavy (non-hydrogen) atoms. The van der Waals surface area contributed by atoms with Crippen LogP contribution in [0, 0.1) is 0 Å². The second-order valence-corrected chi connectivity index (χ2v) is 4.07. The molecule has 2 rings (SSSR count). The number of hydrogen-bond acceptors (Lipinski definition) is 2. The third kappa shape index (κ3) is 2.13. The Hall–Kier alpha value is -0.760. The Morgan fingerprint density at radius 1 is 1.46 bits per heavy atom. The number of furan rings is 1. The van der Waals surface area contributed by atoms with Crippen LogP contribution in [0.15, 0.2) is 23.0 Å². The number of rotatable bonds is 4. The number of nitrogens with one attached hydrogen (secondary N) is 1. The Morgan fingerprint density at radius 2 is 2.23 bits per heavy atom. The molecule has 2 unspecified atom stereocenters. The molecule has 0 bridgehead atoms. The van der Waals surface area contributed by atoms with Crippen LogP contribution in [0.1, 0.15) is 38.2 Å². The average Bonchev–Trinajstić information content (AvgIpc) is 2.78. The summed E-state index contributed by atoms with van der Waals surface area (Å²) in [6.45, 7) is 4.49. The summed E-state index contributed by atoms with van der Waals surface area (Å²) in [7, 11) is 0. The van der Waals surface area contributed by atoms with Crippen molar-refractivity contribution in [3.63, 3.8) is 0 Å². The fourth-order valence-electron chi connectivity index (χ4n) is 1.59. The second kappa shape index (κ2) is 3.54. The molecule has 1 heterocycles. The first kappa shape index (κ1) is 8.82. The number of hydrogen-bond donors (Lipinski definition) is 1. The lowest BCUT2D eigenvalue weighted by molar-refractivity contribution is 0.472. The first-order valence-corrected chi connectivity index (χ1v) is 5.05. The van der Waals surface area contributed by atoms with Crippen LogP contribution in [0.25, 0.3) is 0 Å². The molecule has 0 aromatic carbocycles. The summed E-state index contributed by atoms with van der Waals surface area (Å²) in [6, 6.07) is 3.38. The third-order valence-electron chi connectivity index (χ3n) is 2.89. The molecule has 0 radical (unpaired) electrons. The molecule has 0 saturated heterocycles. The zero-order valence-electron chi connectivity index (χ0n) is 8.29. The molecule has 72 valence electrons. The molecule has 1 aliphatic rings. The topological polar surface area (TPSA) is 25.2 Å². The van der Waals surface area contributed by atoms with Crippen LogP contribution < -0.4 is 5.32 Å². The lowest BCUT2D eigenvalue weighted by Crippen LogP contribution is -2.32. The van der Waals surface area contributed by atoms with Crippen LogP contribution in [-0.2, 0) is 0 Å². The van der Waals surface area contributed by atoms with Crippen LogP contribution in [-0.4, -0.2) is 12.1 Å². The van der Waals surface area contributed by atoms with Gasteiger partial charge in [0.25, 0.3) is 0 Å². The summed E-state index contributed by atoms with van der Waals surface area (Å²) >= 11 is 0. The van der Waals surface area contributed by atoms with E-state index in [9.17, 15) is 0 Å². The van der Waals surface area contributed by atoms with E-state index < -0.39 is 0 Å². The van der Waals surface area contributed by atoms with E-state index in [1.807, 2.05) is 6.26 Å². The molecule has 2 heteroatoms. The van der Waals surface area contributed by atoms with Gasteiger partial charge in [-0.1, -0.05) is 6.92 Å². The van der Waals surface area contributed by atoms with Crippen molar-refractivity contribution in [2.75, 3.05) is 0 Å². The minimum atomic E-state index is 0.541. The smallest absolute Gasteiger partial charge is 0.0937 e. The fraction of sp³-hybridized carbons (Fsp3) is 0.636. The van der Waals surface area contributed by atoms with Crippen molar-refractivity contribution in [2.24, 2.45) is 0 Å². The van der Waals surface area contributed by atoms with Crippen molar-refractivity contribution >= 4 is 0 Å². The van der Waals surface area contributed by atoms with Crippen molar-refractivity contribution in [1.29, 1.82) is 0 Å². The summed E-state index contributed by atoms with van der Waals surface area (Å²) in [4.78, 5) is 0. The van der Waals surface area contributed by atoms with Gasteiger partial charge in [-0.05, 0) is 37.3 Å². The molecule has 2 nitrogen and oxygen atoms in total. The summed E-state index contributed by atoms with van der Waals surface area (Å²) in [5.41, 5.74) is 1.29. The predicted octanol–water partition coefficient (Wildman–Crippen LogP) is 2.52. The Kier molecular flexibility index (Phi) is 2.40. The monoisotopic (exact) mass is 179 g/mol. The highest BCUT2D eigenvalue weighted by Crippen LogP contribution is 2.24. The fourth-order valence-corrected chi connectivity index (χ4v) is 1.59. The molecular formula is C11H17NO. The lowest BCUT2D eigenvalue weighted by Gasteiger charge is -2.19. The highest BCUT2D eigenvalue weighted by molar-refractivity contribution is 5.13. The molecule has 1 fully saturated rings. The highest BCUT2D eigenvalue weighted by Gasteiger charge is 2.25. The zero-order chi connectivity index (χ0) is 9.26. The van der Waals surface area contributed by atoms with Crippen LogP contribution >= 0.6 is 0 Å². The van der Waals surface area contributed by atoms with Crippen molar-refractivity contribution in [3.05, 3.63) is 24.2 Å². The van der Waals surface area contributed by atoms with E-state index in [1.54, 1.807) is 6.26 Å². The lowest BCUT2D eigenvalue weighted by atomic mass is 9.97. The molecule has 2 atom stereocenters. The molecule has 1 aromatic heterocycles. The molecule has 0 amide bonds. The van der Waals surface area contributed by atoms with E-state index in [-0.39, 0.29) is 0 Å². The van der Waals surface area contributed by atoms with Crippen molar-refractivity contribution in [3.8, 4) is 0 Å². The average molecular weight is 179 g/mol. The van der Waals surface area contributed by atoms with Gasteiger partial charge in [-0.2, -0.15) is 0 Å². The van der Waals surface area contributed by atoms with E-state index in [2.05, 4.69) is 25.2 Å². The predicted molar refractivity (Wildman–Crippen MR) is 52.7 cm³/mol. The van der Waals surface area contributed by atoms with E-state index in [1.165, 1.54) is 18.4 Å². The van der Waals surface area contributed by atoms with Crippen LogP contribution in [0.5, 0.6) is 0 Å². The van der Waals surface area contributed by atoms with Crippen molar-refractivity contribution in [2.45, 2.75) is 44.7 Å². The van der Waals surface area contributed by atoms with Gasteiger partial charge in [0, 0.05) is 12.1 Å². The molecule has 1 N–H and O–H groups in total. The maximum atomic E-state index is 5.08. The standard InChI is InChI=1S/C11H17NO/c1-8(10-5-6-13-7-10)9(2)12-11-3-4-11/h5-9,11-12H,3-4H2,1-2H3. The van der Waals surface area contributed by atoms with Gasteiger partial charge in [-0.25, -0.2) is 0 Å². The van der Waals surface area contributed by atoms with Gasteiger partial charge in [0.2, 0.25) is 0 Å². The van der Waals surface area contributed by atoms with Gasteiger partial charge in [0.05, 0.1) is 12.5 Å². The Morgan fingerprint density at radius 3 is 2.77 bits per heavy atom. The highest BCUT2D eigenvalue weighted by atomic mass is 16.3. The Labute approximate surface area is 79.3 Å². The van der Waals surface area contributed by atoms with Gasteiger partial charge in [-0.15, -0.1) is 0 Å². The molecule has 0 aliphatic heterocycles. The quantitative estimate of drug-likeness (QED) is 0.768. The summed E-state index contributed by atoms with van der Waals surface area (Å²) in [6.07, 6.45) is 6.29. The van der Waals surface area contributed by atoms with Gasteiger partial charge >= 0.3 is 0 Å². The minimum absolute atomic E-state index is 0.541. The Balaban J connectivity index is 1.91. The third-order valence-corrected chi connectivity index (χ3v) is 2.89. The van der Waals surface area contributed by atoms with E-state index >= 15 is 0 Å². The molecule has 1 aromatic rings.